The minimum Gasteiger partial charge on any atom is -0.353 e. The molecule has 2 rings (SSSR count). The molecule has 4 unspecified atom stereocenters. The van der Waals surface area contributed by atoms with Crippen LogP contribution < -0.4 is 5.32 Å². The maximum atomic E-state index is 11.5. The van der Waals surface area contributed by atoms with Crippen LogP contribution in [0.1, 0.15) is 52.4 Å². The van der Waals surface area contributed by atoms with Crippen molar-refractivity contribution in [2.24, 2.45) is 17.8 Å². The van der Waals surface area contributed by atoms with Crippen LogP contribution >= 0.6 is 0 Å². The van der Waals surface area contributed by atoms with Crippen LogP contribution in [0.25, 0.3) is 0 Å². The van der Waals surface area contributed by atoms with Gasteiger partial charge in [-0.15, -0.1) is 0 Å². The Morgan fingerprint density at radius 3 is 2.73 bits per heavy atom. The molecule has 2 saturated carbocycles. The van der Waals surface area contributed by atoms with Crippen LogP contribution in [-0.2, 0) is 4.79 Å². The summed E-state index contributed by atoms with van der Waals surface area (Å²) in [4.78, 5) is 11.5. The van der Waals surface area contributed by atoms with Gasteiger partial charge in [0.25, 0.3) is 0 Å². The van der Waals surface area contributed by atoms with E-state index in [4.69, 9.17) is 0 Å². The molecule has 86 valence electrons. The van der Waals surface area contributed by atoms with E-state index >= 15 is 0 Å². The van der Waals surface area contributed by atoms with E-state index < -0.39 is 0 Å². The van der Waals surface area contributed by atoms with E-state index in [-0.39, 0.29) is 5.91 Å². The fraction of sp³-hybridized carbons (Fsp3) is 0.923. The summed E-state index contributed by atoms with van der Waals surface area (Å²) >= 11 is 0. The molecular weight excluding hydrogens is 186 g/mol. The van der Waals surface area contributed by atoms with Crippen LogP contribution in [0.15, 0.2) is 0 Å². The van der Waals surface area contributed by atoms with Gasteiger partial charge in [0.1, 0.15) is 0 Å². The van der Waals surface area contributed by atoms with Crippen LogP contribution in [0.4, 0.5) is 0 Å². The fourth-order valence-electron chi connectivity index (χ4n) is 3.57. The highest BCUT2D eigenvalue weighted by molar-refractivity contribution is 5.76. The van der Waals surface area contributed by atoms with Gasteiger partial charge in [0.15, 0.2) is 0 Å². The zero-order valence-electron chi connectivity index (χ0n) is 9.96. The molecule has 2 nitrogen and oxygen atoms in total. The number of hydrogen-bond acceptors (Lipinski definition) is 1. The molecule has 1 N–H and O–H groups in total. The summed E-state index contributed by atoms with van der Waals surface area (Å²) in [6.07, 6.45) is 7.28. The molecule has 2 bridgehead atoms. The lowest BCUT2D eigenvalue weighted by Crippen LogP contribution is -2.39. The van der Waals surface area contributed by atoms with E-state index in [9.17, 15) is 4.79 Å². The summed E-state index contributed by atoms with van der Waals surface area (Å²) in [5, 5.41) is 3.17. The smallest absolute Gasteiger partial charge is 0.220 e. The molecule has 0 aromatic heterocycles. The van der Waals surface area contributed by atoms with Crippen molar-refractivity contribution < 1.29 is 4.79 Å². The van der Waals surface area contributed by atoms with Crippen molar-refractivity contribution in [3.63, 3.8) is 0 Å². The predicted molar refractivity (Wildman–Crippen MR) is 61.5 cm³/mol. The Balaban J connectivity index is 1.81. The van der Waals surface area contributed by atoms with E-state index in [1.54, 1.807) is 0 Å². The first kappa shape index (κ1) is 11.0. The average molecular weight is 209 g/mol. The van der Waals surface area contributed by atoms with Crippen molar-refractivity contribution >= 4 is 5.91 Å². The van der Waals surface area contributed by atoms with Gasteiger partial charge in [0.2, 0.25) is 5.91 Å². The van der Waals surface area contributed by atoms with E-state index in [0.717, 1.165) is 24.2 Å². The Hall–Kier alpha value is -0.530. The lowest BCUT2D eigenvalue weighted by atomic mass is 9.84. The second-order valence-corrected chi connectivity index (χ2v) is 5.44. The molecule has 0 radical (unpaired) electrons. The highest BCUT2D eigenvalue weighted by Gasteiger charge is 2.41. The molecule has 2 aliphatic carbocycles. The van der Waals surface area contributed by atoms with Gasteiger partial charge in [-0.2, -0.15) is 0 Å². The molecular formula is C13H23NO. The lowest BCUT2D eigenvalue weighted by molar-refractivity contribution is -0.122. The van der Waals surface area contributed by atoms with Crippen LogP contribution in [0.3, 0.4) is 0 Å². The predicted octanol–water partition coefficient (Wildman–Crippen LogP) is 2.73. The van der Waals surface area contributed by atoms with Gasteiger partial charge >= 0.3 is 0 Å². The fourth-order valence-corrected chi connectivity index (χ4v) is 3.57. The topological polar surface area (TPSA) is 29.1 Å². The third-order valence-corrected chi connectivity index (χ3v) is 4.30. The molecule has 15 heavy (non-hydrogen) atoms. The van der Waals surface area contributed by atoms with Crippen LogP contribution in [0.5, 0.6) is 0 Å². The zero-order valence-corrected chi connectivity index (χ0v) is 9.96. The Morgan fingerprint density at radius 2 is 2.20 bits per heavy atom. The molecule has 0 aliphatic heterocycles. The van der Waals surface area contributed by atoms with Gasteiger partial charge in [0.05, 0.1) is 0 Å². The van der Waals surface area contributed by atoms with Crippen molar-refractivity contribution in [2.75, 3.05) is 0 Å². The molecule has 0 heterocycles. The van der Waals surface area contributed by atoms with Crippen LogP contribution in [-0.4, -0.2) is 11.9 Å². The molecule has 0 saturated heterocycles. The van der Waals surface area contributed by atoms with Gasteiger partial charge in [-0.05, 0) is 50.4 Å². The normalized spacial score (nSPS) is 35.5. The Labute approximate surface area is 92.8 Å². The van der Waals surface area contributed by atoms with Crippen molar-refractivity contribution in [3.05, 3.63) is 0 Å². The summed E-state index contributed by atoms with van der Waals surface area (Å²) < 4.78 is 0. The molecule has 4 atom stereocenters. The molecule has 0 aromatic carbocycles. The highest BCUT2D eigenvalue weighted by Crippen LogP contribution is 2.49. The number of nitrogens with one attached hydrogen (secondary N) is 1. The van der Waals surface area contributed by atoms with E-state index in [1.807, 2.05) is 0 Å². The van der Waals surface area contributed by atoms with Gasteiger partial charge in [-0.25, -0.2) is 0 Å². The summed E-state index contributed by atoms with van der Waals surface area (Å²) in [5.74, 6) is 2.90. The first-order valence-corrected chi connectivity index (χ1v) is 6.50. The third-order valence-electron chi connectivity index (χ3n) is 4.30. The van der Waals surface area contributed by atoms with Gasteiger partial charge < -0.3 is 5.32 Å². The number of fused-ring (bicyclic) bond motifs is 2. The highest BCUT2D eigenvalue weighted by atomic mass is 16.1. The van der Waals surface area contributed by atoms with Crippen LogP contribution in [0, 0.1) is 17.8 Å². The van der Waals surface area contributed by atoms with Crippen molar-refractivity contribution in [2.45, 2.75) is 58.4 Å². The molecule has 0 aromatic rings. The van der Waals surface area contributed by atoms with Crippen molar-refractivity contribution in [3.8, 4) is 0 Å². The Bertz CT molecular complexity index is 239. The number of amides is 1. The van der Waals surface area contributed by atoms with E-state index in [2.05, 4.69) is 19.2 Å². The standard InChI is InChI=1S/C13H23NO/c1-3-4-13(15)14-9(2)12-8-10-5-6-11(12)7-10/h9-12H,3-8H2,1-2H3,(H,14,15). The minimum atomic E-state index is 0.243. The summed E-state index contributed by atoms with van der Waals surface area (Å²) in [6.45, 7) is 4.25. The number of carbonyl (C=O) groups excluding carboxylic acids is 1. The molecule has 0 spiro atoms. The SMILES string of the molecule is CCCC(=O)NC(C)C1CC2CCC1C2. The largest absolute Gasteiger partial charge is 0.353 e. The average Bonchev–Trinajstić information content (AvgIpc) is 2.78. The first-order chi connectivity index (χ1) is 7.20. The van der Waals surface area contributed by atoms with Gasteiger partial charge in [0, 0.05) is 12.5 Å². The van der Waals surface area contributed by atoms with Crippen LogP contribution in [0.2, 0.25) is 0 Å². The van der Waals surface area contributed by atoms with E-state index in [0.29, 0.717) is 12.5 Å². The molecule has 2 aliphatic rings. The maximum Gasteiger partial charge on any atom is 0.220 e. The number of hydrogen-bond donors (Lipinski definition) is 1. The Morgan fingerprint density at radius 1 is 1.40 bits per heavy atom. The second kappa shape index (κ2) is 4.54. The van der Waals surface area contributed by atoms with Crippen molar-refractivity contribution in [1.29, 1.82) is 0 Å². The summed E-state index contributed by atoms with van der Waals surface area (Å²) in [7, 11) is 0. The zero-order chi connectivity index (χ0) is 10.8. The molecule has 2 heteroatoms. The van der Waals surface area contributed by atoms with Crippen molar-refractivity contribution in [1.82, 2.24) is 5.32 Å². The minimum absolute atomic E-state index is 0.243. The molecule has 1 amide bonds. The monoisotopic (exact) mass is 209 g/mol. The molecule has 2 fully saturated rings. The quantitative estimate of drug-likeness (QED) is 0.758. The second-order valence-electron chi connectivity index (χ2n) is 5.44. The summed E-state index contributed by atoms with van der Waals surface area (Å²) in [6, 6.07) is 0.402. The Kier molecular flexibility index (Phi) is 3.32. The summed E-state index contributed by atoms with van der Waals surface area (Å²) in [5.41, 5.74) is 0. The number of carbonyl (C=O) groups is 1. The lowest BCUT2D eigenvalue weighted by Gasteiger charge is -2.28. The van der Waals surface area contributed by atoms with Gasteiger partial charge in [-0.3, -0.25) is 4.79 Å². The maximum absolute atomic E-state index is 11.5. The third kappa shape index (κ3) is 2.35. The number of rotatable bonds is 4. The first-order valence-electron chi connectivity index (χ1n) is 6.50. The van der Waals surface area contributed by atoms with E-state index in [1.165, 1.54) is 25.7 Å². The van der Waals surface area contributed by atoms with Gasteiger partial charge in [-0.1, -0.05) is 13.3 Å².